The Morgan fingerprint density at radius 1 is 0.517 bits per heavy atom. The van der Waals surface area contributed by atoms with E-state index in [0.29, 0.717) is 0 Å². The minimum atomic E-state index is -3.21. The summed E-state index contributed by atoms with van der Waals surface area (Å²) in [5, 5.41) is 0. The third kappa shape index (κ3) is 3.99. The summed E-state index contributed by atoms with van der Waals surface area (Å²) in [6.07, 6.45) is 0. The SMILES string of the molecule is CN(C#[C][Ge]([c]1ccccc1)([c]1ccccc1)[c]1ccccc1)c1ccccc1. The van der Waals surface area contributed by atoms with E-state index in [1.54, 1.807) is 0 Å². The molecule has 0 N–H and O–H groups in total. The first-order valence-electron chi connectivity index (χ1n) is 9.79. The Bertz CT molecular complexity index is 1000. The summed E-state index contributed by atoms with van der Waals surface area (Å²) >= 11 is -3.21. The number of hydrogen-bond acceptors (Lipinski definition) is 1. The standard InChI is InChI=1S/C27H23GeN/c1-29(27-20-12-5-13-21-27)23-22-28(24-14-6-2-7-15-24,25-16-8-3-9-17-25)26-18-10-4-11-19-26/h2-21H,1H3. The Kier molecular flexibility index (Phi) is 5.84. The Hall–Kier alpha value is -3.22. The molecular formula is C27H23GeN. The van der Waals surface area contributed by atoms with E-state index in [0.717, 1.165) is 5.69 Å². The van der Waals surface area contributed by atoms with Gasteiger partial charge in [0.15, 0.2) is 0 Å². The third-order valence-electron chi connectivity index (χ3n) is 5.18. The summed E-state index contributed by atoms with van der Waals surface area (Å²) in [6, 6.07) is 46.3. The molecule has 1 nitrogen and oxygen atoms in total. The molecule has 2 heteroatoms. The average molecular weight is 434 g/mol. The monoisotopic (exact) mass is 435 g/mol. The molecule has 4 aromatic rings. The Labute approximate surface area is 176 Å². The van der Waals surface area contributed by atoms with Crippen LogP contribution in [0.15, 0.2) is 121 Å². The van der Waals surface area contributed by atoms with Gasteiger partial charge in [-0.1, -0.05) is 0 Å². The molecule has 0 amide bonds. The van der Waals surface area contributed by atoms with Crippen LogP contribution in [0.3, 0.4) is 0 Å². The Morgan fingerprint density at radius 3 is 1.24 bits per heavy atom. The zero-order valence-electron chi connectivity index (χ0n) is 16.5. The summed E-state index contributed by atoms with van der Waals surface area (Å²) in [7, 11) is 2.04. The van der Waals surface area contributed by atoms with Crippen LogP contribution in [0.5, 0.6) is 0 Å². The van der Waals surface area contributed by atoms with Crippen LogP contribution < -0.4 is 18.1 Å². The molecule has 0 aliphatic heterocycles. The molecule has 0 atom stereocenters. The van der Waals surface area contributed by atoms with E-state index in [1.165, 1.54) is 13.2 Å². The molecular weight excluding hydrogens is 411 g/mol. The fourth-order valence-electron chi connectivity index (χ4n) is 3.66. The van der Waals surface area contributed by atoms with Crippen molar-refractivity contribution in [3.8, 4) is 10.8 Å². The molecule has 4 rings (SSSR count). The maximum atomic E-state index is 3.84. The van der Waals surface area contributed by atoms with E-state index < -0.39 is 13.3 Å². The second-order valence-electron chi connectivity index (χ2n) is 6.98. The minimum absolute atomic E-state index is 1.10. The molecule has 0 heterocycles. The van der Waals surface area contributed by atoms with E-state index in [-0.39, 0.29) is 0 Å². The number of anilines is 1. The maximum absolute atomic E-state index is 3.84. The molecule has 4 aromatic carbocycles. The van der Waals surface area contributed by atoms with E-state index in [9.17, 15) is 0 Å². The number of hydrogen-bond donors (Lipinski definition) is 0. The van der Waals surface area contributed by atoms with Crippen molar-refractivity contribution in [2.45, 2.75) is 0 Å². The molecule has 0 radical (unpaired) electrons. The first-order chi connectivity index (χ1) is 14.3. The van der Waals surface area contributed by atoms with E-state index in [1.807, 2.05) is 30.1 Å². The summed E-state index contributed by atoms with van der Waals surface area (Å²) in [6.45, 7) is 0. The van der Waals surface area contributed by atoms with Crippen molar-refractivity contribution < 1.29 is 0 Å². The molecule has 0 saturated carbocycles. The number of rotatable bonds is 4. The summed E-state index contributed by atoms with van der Waals surface area (Å²) < 4.78 is 7.88. The van der Waals surface area contributed by atoms with Gasteiger partial charge in [-0.2, -0.15) is 0 Å². The molecule has 0 bridgehead atoms. The van der Waals surface area contributed by atoms with E-state index in [4.69, 9.17) is 0 Å². The molecule has 0 aliphatic carbocycles. The predicted octanol–water partition coefficient (Wildman–Crippen LogP) is 3.79. The normalized spacial score (nSPS) is 10.7. The molecule has 140 valence electrons. The molecule has 0 aliphatic rings. The van der Waals surface area contributed by atoms with Crippen LogP contribution in [0, 0.1) is 10.8 Å². The number of benzene rings is 4. The molecule has 0 spiro atoms. The molecule has 0 aromatic heterocycles. The average Bonchev–Trinajstić information content (AvgIpc) is 2.82. The summed E-state index contributed by atoms with van der Waals surface area (Å²) in [5.74, 6) is 0. The van der Waals surface area contributed by atoms with Gasteiger partial charge >= 0.3 is 176 Å². The number of nitrogens with zero attached hydrogens (tertiary/aromatic N) is 1. The fourth-order valence-corrected chi connectivity index (χ4v) is 11.7. The van der Waals surface area contributed by atoms with Crippen molar-refractivity contribution in [1.82, 2.24) is 0 Å². The fraction of sp³-hybridized carbons (Fsp3) is 0.0370. The first-order valence-corrected chi connectivity index (χ1v) is 14.0. The molecule has 0 saturated heterocycles. The van der Waals surface area contributed by atoms with Crippen molar-refractivity contribution in [2.75, 3.05) is 11.9 Å². The van der Waals surface area contributed by atoms with Crippen LogP contribution in [-0.4, -0.2) is 20.3 Å². The van der Waals surface area contributed by atoms with Gasteiger partial charge in [0.1, 0.15) is 0 Å². The van der Waals surface area contributed by atoms with Gasteiger partial charge in [0, 0.05) is 0 Å². The van der Waals surface area contributed by atoms with Crippen molar-refractivity contribution in [2.24, 2.45) is 0 Å². The van der Waals surface area contributed by atoms with Crippen LogP contribution in [0.25, 0.3) is 0 Å². The van der Waals surface area contributed by atoms with Crippen LogP contribution in [0.2, 0.25) is 0 Å². The van der Waals surface area contributed by atoms with Gasteiger partial charge in [0.2, 0.25) is 0 Å². The second-order valence-corrected chi connectivity index (χ2v) is 14.3. The van der Waals surface area contributed by atoms with Crippen LogP contribution in [0.1, 0.15) is 0 Å². The van der Waals surface area contributed by atoms with E-state index >= 15 is 0 Å². The van der Waals surface area contributed by atoms with Gasteiger partial charge < -0.3 is 0 Å². The van der Waals surface area contributed by atoms with Gasteiger partial charge in [0.05, 0.1) is 0 Å². The van der Waals surface area contributed by atoms with Crippen LogP contribution in [0.4, 0.5) is 5.69 Å². The van der Waals surface area contributed by atoms with Gasteiger partial charge in [-0.05, 0) is 0 Å². The topological polar surface area (TPSA) is 3.24 Å². The second kappa shape index (κ2) is 8.86. The van der Waals surface area contributed by atoms with Gasteiger partial charge in [-0.25, -0.2) is 0 Å². The zero-order chi connectivity index (χ0) is 19.9. The van der Waals surface area contributed by atoms with Crippen LogP contribution in [-0.2, 0) is 0 Å². The zero-order valence-corrected chi connectivity index (χ0v) is 18.6. The first kappa shape index (κ1) is 19.1. The molecule has 0 unspecified atom stereocenters. The predicted molar refractivity (Wildman–Crippen MR) is 127 cm³/mol. The van der Waals surface area contributed by atoms with E-state index in [2.05, 4.69) is 114 Å². The Morgan fingerprint density at radius 2 is 0.862 bits per heavy atom. The van der Waals surface area contributed by atoms with Crippen LogP contribution >= 0.6 is 0 Å². The Balaban J connectivity index is 1.95. The van der Waals surface area contributed by atoms with Gasteiger partial charge in [-0.15, -0.1) is 0 Å². The quantitative estimate of drug-likeness (QED) is 0.269. The van der Waals surface area contributed by atoms with Gasteiger partial charge in [0.25, 0.3) is 0 Å². The van der Waals surface area contributed by atoms with Crippen molar-refractivity contribution >= 4 is 32.1 Å². The molecule has 0 fully saturated rings. The van der Waals surface area contributed by atoms with Gasteiger partial charge in [-0.3, -0.25) is 0 Å². The third-order valence-corrected chi connectivity index (χ3v) is 13.7. The van der Waals surface area contributed by atoms with Crippen molar-refractivity contribution in [1.29, 1.82) is 0 Å². The number of para-hydroxylation sites is 1. The van der Waals surface area contributed by atoms with Crippen molar-refractivity contribution in [3.63, 3.8) is 0 Å². The molecule has 29 heavy (non-hydrogen) atoms. The summed E-state index contributed by atoms with van der Waals surface area (Å²) in [5.41, 5.74) is 1.10. The summed E-state index contributed by atoms with van der Waals surface area (Å²) in [4.78, 5) is 2.04. The van der Waals surface area contributed by atoms with Crippen molar-refractivity contribution in [3.05, 3.63) is 121 Å².